The largest absolute Gasteiger partial charge is 0.437 e. The first-order chi connectivity index (χ1) is 7.65. The highest BCUT2D eigenvalue weighted by Crippen LogP contribution is 2.25. The second-order valence-corrected chi connectivity index (χ2v) is 3.71. The molecule has 2 N–H and O–H groups in total. The molecule has 0 spiro atoms. The van der Waals surface area contributed by atoms with Crippen LogP contribution in [0.4, 0.5) is 5.69 Å². The van der Waals surface area contributed by atoms with Crippen molar-refractivity contribution in [2.24, 2.45) is 0 Å². The van der Waals surface area contributed by atoms with Gasteiger partial charge < -0.3 is 10.5 Å². The van der Waals surface area contributed by atoms with Gasteiger partial charge in [-0.1, -0.05) is 6.07 Å². The van der Waals surface area contributed by atoms with Crippen molar-refractivity contribution in [1.82, 2.24) is 9.97 Å². The first kappa shape index (κ1) is 10.4. The van der Waals surface area contributed by atoms with Gasteiger partial charge in [-0.2, -0.15) is 4.98 Å². The Hall–Kier alpha value is -2.10. The summed E-state index contributed by atoms with van der Waals surface area (Å²) in [5.74, 6) is 1.13. The molecular weight excluding hydrogens is 202 g/mol. The van der Waals surface area contributed by atoms with Crippen LogP contribution in [0.25, 0.3) is 0 Å². The third-order valence-corrected chi connectivity index (χ3v) is 2.11. The molecule has 0 saturated heterocycles. The van der Waals surface area contributed by atoms with Gasteiger partial charge in [-0.3, -0.25) is 0 Å². The van der Waals surface area contributed by atoms with Crippen molar-refractivity contribution in [3.8, 4) is 11.6 Å². The molecule has 0 radical (unpaired) electrons. The van der Waals surface area contributed by atoms with Crippen LogP contribution in [0.3, 0.4) is 0 Å². The first-order valence-corrected chi connectivity index (χ1v) is 4.97. The maximum absolute atomic E-state index is 5.69. The molecule has 0 aliphatic carbocycles. The van der Waals surface area contributed by atoms with Crippen molar-refractivity contribution in [3.05, 3.63) is 41.9 Å². The molecule has 2 rings (SSSR count). The van der Waals surface area contributed by atoms with Gasteiger partial charge in [0, 0.05) is 0 Å². The molecular formula is C12H13N3O. The number of nitrogens with two attached hydrogens (primary N) is 1. The molecule has 0 fully saturated rings. The second kappa shape index (κ2) is 4.18. The summed E-state index contributed by atoms with van der Waals surface area (Å²) in [4.78, 5) is 7.78. The second-order valence-electron chi connectivity index (χ2n) is 3.71. The predicted molar refractivity (Wildman–Crippen MR) is 62.4 cm³/mol. The van der Waals surface area contributed by atoms with E-state index in [-0.39, 0.29) is 0 Å². The normalized spacial score (nSPS) is 10.1. The average Bonchev–Trinajstić information content (AvgIpc) is 2.20. The quantitative estimate of drug-likeness (QED) is 0.835. The van der Waals surface area contributed by atoms with Crippen molar-refractivity contribution in [3.63, 3.8) is 0 Å². The summed E-state index contributed by atoms with van der Waals surface area (Å²) in [5, 5.41) is 0. The minimum Gasteiger partial charge on any atom is -0.437 e. The maximum Gasteiger partial charge on any atom is 0.245 e. The molecule has 2 aromatic rings. The molecule has 0 bridgehead atoms. The number of aryl methyl sites for hydroxylation is 2. The van der Waals surface area contributed by atoms with Crippen LogP contribution >= 0.6 is 0 Å². The van der Waals surface area contributed by atoms with E-state index < -0.39 is 0 Å². The molecule has 4 heteroatoms. The van der Waals surface area contributed by atoms with E-state index in [0.29, 0.717) is 11.6 Å². The molecule has 82 valence electrons. The molecule has 0 amide bonds. The van der Waals surface area contributed by atoms with Crippen LogP contribution in [0.5, 0.6) is 11.6 Å². The van der Waals surface area contributed by atoms with Crippen LogP contribution in [0.2, 0.25) is 0 Å². The Balaban J connectivity index is 2.30. The highest BCUT2D eigenvalue weighted by Gasteiger charge is 2.04. The minimum atomic E-state index is 0.389. The Bertz CT molecular complexity index is 491. The zero-order valence-electron chi connectivity index (χ0n) is 9.27. The summed E-state index contributed by atoms with van der Waals surface area (Å²) < 4.78 is 5.59. The minimum absolute atomic E-state index is 0.389. The average molecular weight is 215 g/mol. The summed E-state index contributed by atoms with van der Waals surface area (Å²) in [5.41, 5.74) is 8.41. The smallest absolute Gasteiger partial charge is 0.245 e. The van der Waals surface area contributed by atoms with E-state index in [4.69, 9.17) is 10.5 Å². The number of hydrogen-bond acceptors (Lipinski definition) is 4. The van der Waals surface area contributed by atoms with E-state index in [0.717, 1.165) is 16.9 Å². The fourth-order valence-corrected chi connectivity index (χ4v) is 1.52. The van der Waals surface area contributed by atoms with Crippen LogP contribution in [0, 0.1) is 13.8 Å². The Morgan fingerprint density at radius 1 is 1.12 bits per heavy atom. The summed E-state index contributed by atoms with van der Waals surface area (Å²) in [6.07, 6.45) is 2.93. The van der Waals surface area contributed by atoms with Gasteiger partial charge in [0.15, 0.2) is 0 Å². The highest BCUT2D eigenvalue weighted by molar-refractivity contribution is 5.47. The number of anilines is 1. The van der Waals surface area contributed by atoms with Crippen molar-refractivity contribution in [2.45, 2.75) is 13.8 Å². The molecule has 0 saturated carbocycles. The van der Waals surface area contributed by atoms with E-state index in [2.05, 4.69) is 16.0 Å². The predicted octanol–water partition coefficient (Wildman–Crippen LogP) is 2.47. The van der Waals surface area contributed by atoms with E-state index >= 15 is 0 Å². The van der Waals surface area contributed by atoms with Crippen LogP contribution in [-0.4, -0.2) is 9.97 Å². The SMILES string of the molecule is Cc1cc(C)cc(Oc2ncncc2N)c1. The number of aromatic nitrogens is 2. The Labute approximate surface area is 94.1 Å². The Morgan fingerprint density at radius 3 is 2.44 bits per heavy atom. The summed E-state index contributed by atoms with van der Waals surface area (Å²) in [7, 11) is 0. The van der Waals surface area contributed by atoms with Crippen LogP contribution in [-0.2, 0) is 0 Å². The molecule has 1 aromatic heterocycles. The number of nitrogens with zero attached hydrogens (tertiary/aromatic N) is 2. The van der Waals surface area contributed by atoms with Gasteiger partial charge in [-0.15, -0.1) is 0 Å². The van der Waals surface area contributed by atoms with Gasteiger partial charge in [-0.25, -0.2) is 4.98 Å². The molecule has 0 atom stereocenters. The molecule has 0 unspecified atom stereocenters. The first-order valence-electron chi connectivity index (χ1n) is 4.97. The summed E-state index contributed by atoms with van der Waals surface area (Å²) in [6.45, 7) is 4.03. The number of rotatable bonds is 2. The lowest BCUT2D eigenvalue weighted by Crippen LogP contribution is -1.96. The number of nitrogen functional groups attached to an aromatic ring is 1. The lowest BCUT2D eigenvalue weighted by molar-refractivity contribution is 0.463. The van der Waals surface area contributed by atoms with Crippen molar-refractivity contribution < 1.29 is 4.74 Å². The van der Waals surface area contributed by atoms with Gasteiger partial charge in [0.05, 0.1) is 6.20 Å². The lowest BCUT2D eigenvalue weighted by Gasteiger charge is -2.08. The molecule has 4 nitrogen and oxygen atoms in total. The van der Waals surface area contributed by atoms with Gasteiger partial charge in [0.2, 0.25) is 5.88 Å². The van der Waals surface area contributed by atoms with Crippen LogP contribution in [0.15, 0.2) is 30.7 Å². The fourth-order valence-electron chi connectivity index (χ4n) is 1.52. The van der Waals surface area contributed by atoms with Crippen molar-refractivity contribution in [1.29, 1.82) is 0 Å². The van der Waals surface area contributed by atoms with Gasteiger partial charge >= 0.3 is 0 Å². The zero-order valence-corrected chi connectivity index (χ0v) is 9.27. The van der Waals surface area contributed by atoms with Gasteiger partial charge in [-0.05, 0) is 37.1 Å². The third kappa shape index (κ3) is 2.28. The van der Waals surface area contributed by atoms with E-state index in [1.807, 2.05) is 26.0 Å². The lowest BCUT2D eigenvalue weighted by atomic mass is 10.1. The van der Waals surface area contributed by atoms with Crippen molar-refractivity contribution >= 4 is 5.69 Å². The number of hydrogen-bond donors (Lipinski definition) is 1. The number of benzene rings is 1. The fraction of sp³-hybridized carbons (Fsp3) is 0.167. The standard InChI is InChI=1S/C12H13N3O/c1-8-3-9(2)5-10(4-8)16-12-11(13)6-14-7-15-12/h3-7H,13H2,1-2H3. The molecule has 0 aliphatic heterocycles. The van der Waals surface area contributed by atoms with Gasteiger partial charge in [0.25, 0.3) is 0 Å². The maximum atomic E-state index is 5.69. The topological polar surface area (TPSA) is 61.0 Å². The Morgan fingerprint density at radius 2 is 1.81 bits per heavy atom. The highest BCUT2D eigenvalue weighted by atomic mass is 16.5. The van der Waals surface area contributed by atoms with E-state index in [9.17, 15) is 0 Å². The van der Waals surface area contributed by atoms with Gasteiger partial charge in [0.1, 0.15) is 17.8 Å². The Kier molecular flexibility index (Phi) is 2.72. The molecule has 16 heavy (non-hydrogen) atoms. The summed E-state index contributed by atoms with van der Waals surface area (Å²) in [6, 6.07) is 5.96. The van der Waals surface area contributed by atoms with Crippen molar-refractivity contribution in [2.75, 3.05) is 5.73 Å². The molecule has 1 aromatic carbocycles. The zero-order chi connectivity index (χ0) is 11.5. The third-order valence-electron chi connectivity index (χ3n) is 2.11. The van der Waals surface area contributed by atoms with Crippen LogP contribution in [0.1, 0.15) is 11.1 Å². The molecule has 1 heterocycles. The molecule has 0 aliphatic rings. The number of ether oxygens (including phenoxy) is 1. The monoisotopic (exact) mass is 215 g/mol. The van der Waals surface area contributed by atoms with E-state index in [1.165, 1.54) is 12.5 Å². The summed E-state index contributed by atoms with van der Waals surface area (Å²) >= 11 is 0. The van der Waals surface area contributed by atoms with E-state index in [1.54, 1.807) is 0 Å². The van der Waals surface area contributed by atoms with Crippen LogP contribution < -0.4 is 10.5 Å².